The number of carbonyl (C=O) groups is 3. The van der Waals surface area contributed by atoms with Gasteiger partial charge in [0.25, 0.3) is 5.91 Å². The zero-order chi connectivity index (χ0) is 31.2. The highest BCUT2D eigenvalue weighted by Gasteiger charge is 2.44. The van der Waals surface area contributed by atoms with Gasteiger partial charge in [-0.1, -0.05) is 77.6 Å². The highest BCUT2D eigenvalue weighted by molar-refractivity contribution is 6.26. The van der Waals surface area contributed by atoms with Crippen molar-refractivity contribution < 1.29 is 49.0 Å². The molecule has 0 bridgehead atoms. The minimum atomic E-state index is -1.44. The molecule has 0 radical (unpaired) electrons. The number of hydrogen-bond donors (Lipinski definition) is 4. The molecule has 0 aliphatic carbocycles. The van der Waals surface area contributed by atoms with Gasteiger partial charge in [0.2, 0.25) is 0 Å². The maximum absolute atomic E-state index is 12.3. The summed E-state index contributed by atoms with van der Waals surface area (Å²) in [6.07, 6.45) is 7.66. The van der Waals surface area contributed by atoms with Gasteiger partial charge < -0.3 is 39.5 Å². The molecule has 0 aromatic heterocycles. The number of hydrogen-bond acceptors (Lipinski definition) is 10. The summed E-state index contributed by atoms with van der Waals surface area (Å²) in [4.78, 5) is 36.9. The van der Waals surface area contributed by atoms with Crippen LogP contribution in [0.1, 0.15) is 104 Å². The van der Waals surface area contributed by atoms with Crippen molar-refractivity contribution in [3.63, 3.8) is 0 Å². The van der Waals surface area contributed by atoms with Crippen LogP contribution >= 0.6 is 0 Å². The smallest absolute Gasteiger partial charge is 0.302 e. The summed E-state index contributed by atoms with van der Waals surface area (Å²) in [5, 5.41) is 40.6. The highest BCUT2D eigenvalue weighted by atomic mass is 16.7. The third kappa shape index (κ3) is 10.9. The number of likely N-dealkylation sites (tertiary alicyclic amines) is 1. The molecule has 2 saturated heterocycles. The third-order valence-corrected chi connectivity index (χ3v) is 8.40. The lowest BCUT2D eigenvalue weighted by molar-refractivity contribution is -0.301. The van der Waals surface area contributed by atoms with Crippen molar-refractivity contribution in [1.29, 1.82) is 0 Å². The normalized spacial score (nSPS) is 28.3. The fourth-order valence-electron chi connectivity index (χ4n) is 5.37. The number of rotatable bonds is 19. The Bertz CT molecular complexity index is 871. The van der Waals surface area contributed by atoms with Crippen LogP contribution in [-0.4, -0.2) is 100.0 Å². The minimum Gasteiger partial charge on any atom is -0.511 e. The number of ether oxygens (including phenoxy) is 3. The molecule has 0 unspecified atom stereocenters. The molecule has 0 aromatic carbocycles. The van der Waals surface area contributed by atoms with Crippen LogP contribution in [0.15, 0.2) is 11.3 Å². The van der Waals surface area contributed by atoms with E-state index in [1.807, 2.05) is 6.92 Å². The molecule has 0 spiro atoms. The van der Waals surface area contributed by atoms with Crippen molar-refractivity contribution in [1.82, 2.24) is 4.90 Å². The summed E-state index contributed by atoms with van der Waals surface area (Å²) in [6.45, 7) is 4.92. The number of unbranched alkanes of at least 4 members (excludes halogenated alkanes) is 11. The van der Waals surface area contributed by atoms with Crippen LogP contribution in [0.2, 0.25) is 0 Å². The molecule has 0 saturated carbocycles. The van der Waals surface area contributed by atoms with Crippen molar-refractivity contribution in [2.45, 2.75) is 141 Å². The number of amides is 1. The maximum atomic E-state index is 12.3. The van der Waals surface area contributed by atoms with Crippen LogP contribution in [0.3, 0.4) is 0 Å². The predicted octanol–water partition coefficient (Wildman–Crippen LogP) is 3.32. The average Bonchev–Trinajstić information content (AvgIpc) is 3.15. The fourth-order valence-corrected chi connectivity index (χ4v) is 5.37. The average molecular weight is 600 g/mol. The van der Waals surface area contributed by atoms with E-state index < -0.39 is 42.7 Å². The number of aliphatic hydroxyl groups is 4. The number of Topliss-reactive ketones (excluding diaryl/α,β-unsaturated/α-hetero) is 1. The van der Waals surface area contributed by atoms with Gasteiger partial charge in [0.1, 0.15) is 42.4 Å². The lowest BCUT2D eigenvalue weighted by atomic mass is 9.95. The monoisotopic (exact) mass is 599 g/mol. The van der Waals surface area contributed by atoms with Crippen LogP contribution in [0.25, 0.3) is 0 Å². The van der Waals surface area contributed by atoms with Crippen molar-refractivity contribution >= 4 is 17.7 Å². The number of allylic oxidation sites excluding steroid dienone is 1. The highest BCUT2D eigenvalue weighted by Crippen LogP contribution is 2.27. The Balaban J connectivity index is 1.44. The molecule has 2 aliphatic rings. The maximum Gasteiger partial charge on any atom is 0.302 e. The quantitative estimate of drug-likeness (QED) is 0.0569. The van der Waals surface area contributed by atoms with Crippen molar-refractivity contribution in [2.75, 3.05) is 20.3 Å². The zero-order valence-corrected chi connectivity index (χ0v) is 25.8. The molecule has 242 valence electrons. The topological polar surface area (TPSA) is 163 Å². The Morgan fingerprint density at radius 3 is 1.90 bits per heavy atom. The molecule has 2 heterocycles. The number of nitrogens with zero attached hydrogens (tertiary/aromatic N) is 1. The van der Waals surface area contributed by atoms with Crippen molar-refractivity contribution in [2.24, 2.45) is 5.92 Å². The standard InChI is InChI=1S/C31H53NO10/c1-20(25(34)24-26(35)21(2)32(4)30(24)39)17-15-13-11-9-7-5-6-8-10-12-14-16-18-40-31-29(38)28(37)27(36)23(42-31)19-41-22(3)33/h20-21,23,27-29,31,34,36-38H,5-19H2,1-4H3/t20-,21-,23-,27-,28+,29+,31-/m1/s1. The number of esters is 1. The summed E-state index contributed by atoms with van der Waals surface area (Å²) in [5.41, 5.74) is -0.0331. The van der Waals surface area contributed by atoms with Gasteiger partial charge in [0, 0.05) is 26.5 Å². The molecule has 11 heteroatoms. The predicted molar refractivity (Wildman–Crippen MR) is 155 cm³/mol. The molecule has 0 aromatic rings. The Labute approximate surface area is 250 Å². The van der Waals surface area contributed by atoms with Crippen LogP contribution in [0, 0.1) is 5.92 Å². The van der Waals surface area contributed by atoms with Gasteiger partial charge >= 0.3 is 5.97 Å². The van der Waals surface area contributed by atoms with E-state index in [-0.39, 0.29) is 35.5 Å². The van der Waals surface area contributed by atoms with Crippen molar-refractivity contribution in [3.05, 3.63) is 11.3 Å². The molecular formula is C31H53NO10. The molecular weight excluding hydrogens is 546 g/mol. The second-order valence-corrected chi connectivity index (χ2v) is 11.8. The van der Waals surface area contributed by atoms with Gasteiger partial charge in [-0.25, -0.2) is 0 Å². The molecule has 2 aliphatic heterocycles. The first-order valence-corrected chi connectivity index (χ1v) is 15.7. The van der Waals surface area contributed by atoms with Crippen LogP contribution in [0.4, 0.5) is 0 Å². The lowest BCUT2D eigenvalue weighted by Gasteiger charge is -2.39. The largest absolute Gasteiger partial charge is 0.511 e. The third-order valence-electron chi connectivity index (χ3n) is 8.40. The number of likely N-dealkylation sites (N-methyl/N-ethyl adjacent to an activating group) is 1. The molecule has 2 rings (SSSR count). The Kier molecular flexibility index (Phi) is 16.0. The van der Waals surface area contributed by atoms with Gasteiger partial charge in [-0.3, -0.25) is 14.4 Å². The molecule has 4 N–H and O–H groups in total. The summed E-state index contributed by atoms with van der Waals surface area (Å²) < 4.78 is 15.9. The molecule has 42 heavy (non-hydrogen) atoms. The SMILES string of the molecule is CC(=O)OC[C@H]1O[C@@H](OCCCCCCCCCCCCCC[C@@H](C)C(O)=C2C(=O)[C@@H](C)N(C)C2=O)[C@@H](O)[C@@H](O)[C@@H]1O. The first-order valence-electron chi connectivity index (χ1n) is 15.7. The first-order chi connectivity index (χ1) is 20.0. The summed E-state index contributed by atoms with van der Waals surface area (Å²) >= 11 is 0. The number of aliphatic hydroxyl groups excluding tert-OH is 4. The Morgan fingerprint density at radius 1 is 0.881 bits per heavy atom. The van der Waals surface area contributed by atoms with E-state index >= 15 is 0 Å². The van der Waals surface area contributed by atoms with E-state index in [9.17, 15) is 34.8 Å². The summed E-state index contributed by atoms with van der Waals surface area (Å²) in [6, 6.07) is -0.510. The van der Waals surface area contributed by atoms with Crippen LogP contribution in [-0.2, 0) is 28.6 Å². The fraction of sp³-hybridized carbons (Fsp3) is 0.839. The van der Waals surface area contributed by atoms with Gasteiger partial charge in [-0.05, 0) is 19.8 Å². The lowest BCUT2D eigenvalue weighted by Crippen LogP contribution is -2.59. The molecule has 2 fully saturated rings. The second kappa shape index (κ2) is 18.6. The van der Waals surface area contributed by atoms with Gasteiger partial charge in [-0.2, -0.15) is 0 Å². The zero-order valence-electron chi connectivity index (χ0n) is 25.8. The van der Waals surface area contributed by atoms with Crippen molar-refractivity contribution in [3.8, 4) is 0 Å². The van der Waals surface area contributed by atoms with E-state index in [0.29, 0.717) is 6.61 Å². The molecule has 7 atom stereocenters. The van der Waals surface area contributed by atoms with E-state index in [1.54, 1.807) is 14.0 Å². The Hall–Kier alpha value is -2.05. The first kappa shape index (κ1) is 36.1. The molecule has 11 nitrogen and oxygen atoms in total. The Morgan fingerprint density at radius 2 is 1.40 bits per heavy atom. The number of carbonyl (C=O) groups excluding carboxylic acids is 3. The number of ketones is 1. The summed E-state index contributed by atoms with van der Waals surface area (Å²) in [5.74, 6) is -1.45. The summed E-state index contributed by atoms with van der Waals surface area (Å²) in [7, 11) is 1.59. The second-order valence-electron chi connectivity index (χ2n) is 11.8. The van der Waals surface area contributed by atoms with Gasteiger partial charge in [0.05, 0.1) is 6.04 Å². The van der Waals surface area contributed by atoms with Crippen LogP contribution < -0.4 is 0 Å². The van der Waals surface area contributed by atoms with E-state index in [1.165, 1.54) is 43.9 Å². The molecule has 1 amide bonds. The van der Waals surface area contributed by atoms with E-state index in [0.717, 1.165) is 51.4 Å². The van der Waals surface area contributed by atoms with E-state index in [2.05, 4.69) is 0 Å². The van der Waals surface area contributed by atoms with Crippen LogP contribution in [0.5, 0.6) is 0 Å². The van der Waals surface area contributed by atoms with Gasteiger partial charge in [0.15, 0.2) is 12.1 Å². The van der Waals surface area contributed by atoms with Gasteiger partial charge in [-0.15, -0.1) is 0 Å². The minimum absolute atomic E-state index is 0.0331. The van der Waals surface area contributed by atoms with E-state index in [4.69, 9.17) is 14.2 Å².